The Bertz CT molecular complexity index is 503. The van der Waals surface area contributed by atoms with Crippen molar-refractivity contribution in [2.24, 2.45) is 0 Å². The molecule has 70 valence electrons. The third-order valence-corrected chi connectivity index (χ3v) is 2.30. The molecule has 0 N–H and O–H groups in total. The highest BCUT2D eigenvalue weighted by Crippen LogP contribution is 2.18. The number of aryl methyl sites for hydroxylation is 2. The van der Waals surface area contributed by atoms with E-state index >= 15 is 0 Å². The molecule has 2 aromatic rings. The topological polar surface area (TPSA) is 30.0 Å². The second-order valence-electron chi connectivity index (χ2n) is 3.47. The van der Waals surface area contributed by atoms with Crippen LogP contribution in [0.15, 0.2) is 24.3 Å². The van der Waals surface area contributed by atoms with Crippen LogP contribution in [0.4, 0.5) is 0 Å². The number of aromatic nitrogens is 1. The number of hydrogen-bond donors (Lipinski definition) is 0. The molecule has 0 fully saturated rings. The molecule has 14 heavy (non-hydrogen) atoms. The number of hydrogen-bond acceptors (Lipinski definition) is 2. The number of nitrogens with zero attached hydrogens (tertiary/aromatic N) is 1. The Morgan fingerprint density at radius 2 is 2.00 bits per heavy atom. The fraction of sp³-hybridized carbons (Fsp3) is 0.167. The SMILES string of the molecule is Cc1cc(C)c2ccc(C=O)cc2n1. The van der Waals surface area contributed by atoms with Crippen LogP contribution in [0.2, 0.25) is 0 Å². The van der Waals surface area contributed by atoms with Gasteiger partial charge in [0.25, 0.3) is 0 Å². The molecule has 0 unspecified atom stereocenters. The van der Waals surface area contributed by atoms with Crippen molar-refractivity contribution < 1.29 is 4.79 Å². The summed E-state index contributed by atoms with van der Waals surface area (Å²) in [5.74, 6) is 0. The van der Waals surface area contributed by atoms with Gasteiger partial charge < -0.3 is 0 Å². The summed E-state index contributed by atoms with van der Waals surface area (Å²) >= 11 is 0. The molecule has 2 rings (SSSR count). The number of carbonyl (C=O) groups is 1. The summed E-state index contributed by atoms with van der Waals surface area (Å²) in [5, 5.41) is 1.11. The quantitative estimate of drug-likeness (QED) is 0.639. The van der Waals surface area contributed by atoms with Gasteiger partial charge in [-0.2, -0.15) is 0 Å². The molecule has 0 aliphatic carbocycles. The number of carbonyl (C=O) groups excluding carboxylic acids is 1. The molecule has 0 radical (unpaired) electrons. The Hall–Kier alpha value is -1.70. The van der Waals surface area contributed by atoms with Crippen LogP contribution in [0.1, 0.15) is 21.6 Å². The van der Waals surface area contributed by atoms with Crippen LogP contribution in [0.5, 0.6) is 0 Å². The Morgan fingerprint density at radius 1 is 1.21 bits per heavy atom. The lowest BCUT2D eigenvalue weighted by Gasteiger charge is -2.03. The van der Waals surface area contributed by atoms with Crippen molar-refractivity contribution >= 4 is 17.2 Å². The van der Waals surface area contributed by atoms with E-state index in [9.17, 15) is 4.79 Å². The van der Waals surface area contributed by atoms with Gasteiger partial charge in [0.15, 0.2) is 0 Å². The van der Waals surface area contributed by atoms with Gasteiger partial charge >= 0.3 is 0 Å². The van der Waals surface area contributed by atoms with Gasteiger partial charge in [-0.3, -0.25) is 9.78 Å². The van der Waals surface area contributed by atoms with E-state index in [4.69, 9.17) is 0 Å². The Labute approximate surface area is 82.6 Å². The van der Waals surface area contributed by atoms with E-state index in [1.807, 2.05) is 31.2 Å². The van der Waals surface area contributed by atoms with Crippen molar-refractivity contribution in [3.63, 3.8) is 0 Å². The van der Waals surface area contributed by atoms with Crippen molar-refractivity contribution in [1.29, 1.82) is 0 Å². The van der Waals surface area contributed by atoms with E-state index in [1.54, 1.807) is 0 Å². The average Bonchev–Trinajstić information content (AvgIpc) is 2.16. The van der Waals surface area contributed by atoms with Crippen LogP contribution >= 0.6 is 0 Å². The molecule has 0 bridgehead atoms. The first kappa shape index (κ1) is 8.88. The lowest BCUT2D eigenvalue weighted by atomic mass is 10.1. The zero-order valence-corrected chi connectivity index (χ0v) is 8.24. The van der Waals surface area contributed by atoms with Crippen LogP contribution in [0, 0.1) is 13.8 Å². The minimum absolute atomic E-state index is 0.676. The standard InChI is InChI=1S/C12H11NO/c1-8-5-9(2)13-12-6-10(7-14)3-4-11(8)12/h3-7H,1-2H3. The molecular formula is C12H11NO. The zero-order chi connectivity index (χ0) is 10.1. The smallest absolute Gasteiger partial charge is 0.150 e. The first-order chi connectivity index (χ1) is 6.70. The molecule has 0 saturated carbocycles. The fourth-order valence-corrected chi connectivity index (χ4v) is 1.66. The van der Waals surface area contributed by atoms with Gasteiger partial charge in [-0.25, -0.2) is 0 Å². The Balaban J connectivity index is 2.81. The van der Waals surface area contributed by atoms with Crippen LogP contribution in [-0.4, -0.2) is 11.3 Å². The second kappa shape index (κ2) is 3.22. The van der Waals surface area contributed by atoms with E-state index in [0.717, 1.165) is 22.9 Å². The molecule has 1 aromatic carbocycles. The number of benzene rings is 1. The summed E-state index contributed by atoms with van der Waals surface area (Å²) in [4.78, 5) is 15.0. The highest BCUT2D eigenvalue weighted by molar-refractivity contribution is 5.88. The predicted octanol–water partition coefficient (Wildman–Crippen LogP) is 2.66. The number of fused-ring (bicyclic) bond motifs is 1. The largest absolute Gasteiger partial charge is 0.298 e. The van der Waals surface area contributed by atoms with Crippen molar-refractivity contribution in [3.05, 3.63) is 41.1 Å². The summed E-state index contributed by atoms with van der Waals surface area (Å²) in [6.45, 7) is 4.01. The van der Waals surface area contributed by atoms with Crippen molar-refractivity contribution in [3.8, 4) is 0 Å². The summed E-state index contributed by atoms with van der Waals surface area (Å²) in [5.41, 5.74) is 3.75. The first-order valence-electron chi connectivity index (χ1n) is 4.54. The highest BCUT2D eigenvalue weighted by Gasteiger charge is 2.00. The molecule has 0 saturated heterocycles. The van der Waals surface area contributed by atoms with Gasteiger partial charge in [0.2, 0.25) is 0 Å². The minimum Gasteiger partial charge on any atom is -0.298 e. The van der Waals surface area contributed by atoms with E-state index in [0.29, 0.717) is 5.56 Å². The van der Waals surface area contributed by atoms with Gasteiger partial charge in [0.1, 0.15) is 6.29 Å². The Kier molecular flexibility index (Phi) is 2.04. The van der Waals surface area contributed by atoms with Gasteiger partial charge in [-0.1, -0.05) is 12.1 Å². The third kappa shape index (κ3) is 1.39. The van der Waals surface area contributed by atoms with Crippen molar-refractivity contribution in [2.45, 2.75) is 13.8 Å². The van der Waals surface area contributed by atoms with Gasteiger partial charge in [0, 0.05) is 16.6 Å². The average molecular weight is 185 g/mol. The molecule has 0 atom stereocenters. The fourth-order valence-electron chi connectivity index (χ4n) is 1.66. The van der Waals surface area contributed by atoms with Crippen molar-refractivity contribution in [2.75, 3.05) is 0 Å². The number of pyridine rings is 1. The molecule has 0 aliphatic rings. The maximum Gasteiger partial charge on any atom is 0.150 e. The number of rotatable bonds is 1. The summed E-state index contributed by atoms with van der Waals surface area (Å²) in [6.07, 6.45) is 0.846. The van der Waals surface area contributed by atoms with Crippen LogP contribution in [0.25, 0.3) is 10.9 Å². The van der Waals surface area contributed by atoms with Crippen LogP contribution < -0.4 is 0 Å². The summed E-state index contributed by atoms with van der Waals surface area (Å²) in [7, 11) is 0. The number of aldehydes is 1. The van der Waals surface area contributed by atoms with Crippen LogP contribution in [0.3, 0.4) is 0 Å². The van der Waals surface area contributed by atoms with E-state index in [-0.39, 0.29) is 0 Å². The normalized spacial score (nSPS) is 10.4. The lowest BCUT2D eigenvalue weighted by molar-refractivity contribution is 0.112. The maximum absolute atomic E-state index is 10.6. The van der Waals surface area contributed by atoms with Gasteiger partial charge in [-0.05, 0) is 31.5 Å². The van der Waals surface area contributed by atoms with E-state index in [2.05, 4.69) is 11.9 Å². The van der Waals surface area contributed by atoms with Gasteiger partial charge in [0.05, 0.1) is 5.52 Å². The molecule has 1 aromatic heterocycles. The first-order valence-corrected chi connectivity index (χ1v) is 4.54. The van der Waals surface area contributed by atoms with Crippen molar-refractivity contribution in [1.82, 2.24) is 4.98 Å². The summed E-state index contributed by atoms with van der Waals surface area (Å²) in [6, 6.07) is 7.63. The molecule has 0 spiro atoms. The lowest BCUT2D eigenvalue weighted by Crippen LogP contribution is -1.89. The monoisotopic (exact) mass is 185 g/mol. The van der Waals surface area contributed by atoms with E-state index < -0.39 is 0 Å². The minimum atomic E-state index is 0.676. The van der Waals surface area contributed by atoms with Crippen LogP contribution in [-0.2, 0) is 0 Å². The predicted molar refractivity (Wildman–Crippen MR) is 56.6 cm³/mol. The summed E-state index contributed by atoms with van der Waals surface area (Å²) < 4.78 is 0. The molecule has 0 amide bonds. The molecule has 1 heterocycles. The molecule has 0 aliphatic heterocycles. The van der Waals surface area contributed by atoms with E-state index in [1.165, 1.54) is 5.56 Å². The highest BCUT2D eigenvalue weighted by atomic mass is 16.1. The Morgan fingerprint density at radius 3 is 2.71 bits per heavy atom. The molecular weight excluding hydrogens is 174 g/mol. The molecule has 2 heteroatoms. The zero-order valence-electron chi connectivity index (χ0n) is 8.24. The molecule has 2 nitrogen and oxygen atoms in total. The third-order valence-electron chi connectivity index (χ3n) is 2.30. The maximum atomic E-state index is 10.6. The van der Waals surface area contributed by atoms with Gasteiger partial charge in [-0.15, -0.1) is 0 Å². The second-order valence-corrected chi connectivity index (χ2v) is 3.47.